The summed E-state index contributed by atoms with van der Waals surface area (Å²) in [7, 11) is -2.28. The van der Waals surface area contributed by atoms with Gasteiger partial charge in [0.25, 0.3) is 11.8 Å². The van der Waals surface area contributed by atoms with Gasteiger partial charge in [-0.1, -0.05) is 0 Å². The van der Waals surface area contributed by atoms with Crippen LogP contribution >= 0.6 is 15.9 Å². The highest BCUT2D eigenvalue weighted by atomic mass is 79.9. The molecule has 0 radical (unpaired) electrons. The quantitative estimate of drug-likeness (QED) is 0.720. The number of aromatic nitrogens is 1. The van der Waals surface area contributed by atoms with Crippen LogP contribution in [0.5, 0.6) is 0 Å². The minimum Gasteiger partial charge on any atom is -0.364 e. The normalized spacial score (nSPS) is 15.6. The Morgan fingerprint density at radius 1 is 1.14 bits per heavy atom. The number of carbonyl (C=O) groups is 2. The first kappa shape index (κ1) is 20.5. The van der Waals surface area contributed by atoms with Crippen LogP contribution in [0.4, 0.5) is 4.39 Å². The molecule has 0 saturated carbocycles. The van der Waals surface area contributed by atoms with Crippen molar-refractivity contribution in [2.45, 2.75) is 4.90 Å². The van der Waals surface area contributed by atoms with Crippen molar-refractivity contribution in [2.75, 3.05) is 26.2 Å². The van der Waals surface area contributed by atoms with E-state index in [1.807, 2.05) is 0 Å². The summed E-state index contributed by atoms with van der Waals surface area (Å²) in [5.74, 6) is -1.48. The summed E-state index contributed by atoms with van der Waals surface area (Å²) in [6.07, 6.45) is 1.34. The molecule has 1 fully saturated rings. The van der Waals surface area contributed by atoms with Crippen LogP contribution in [0.3, 0.4) is 0 Å². The fraction of sp³-hybridized carbons (Fsp3) is 0.294. The van der Waals surface area contributed by atoms with E-state index in [9.17, 15) is 22.4 Å². The van der Waals surface area contributed by atoms with Gasteiger partial charge in [-0.25, -0.2) is 12.8 Å². The van der Waals surface area contributed by atoms with E-state index in [1.54, 1.807) is 0 Å². The van der Waals surface area contributed by atoms with Gasteiger partial charge in [-0.05, 0) is 40.2 Å². The lowest BCUT2D eigenvalue weighted by molar-refractivity contribution is 0.0696. The van der Waals surface area contributed by atoms with E-state index >= 15 is 0 Å². The van der Waals surface area contributed by atoms with Gasteiger partial charge in [0.05, 0.1) is 5.56 Å². The number of carbonyl (C=O) groups excluding carboxylic acids is 2. The maximum absolute atomic E-state index is 13.2. The molecular weight excluding hydrogens is 455 g/mol. The Morgan fingerprint density at radius 3 is 2.32 bits per heavy atom. The maximum atomic E-state index is 13.2. The van der Waals surface area contributed by atoms with Crippen molar-refractivity contribution in [1.29, 1.82) is 0 Å². The number of rotatable bonds is 4. The summed E-state index contributed by atoms with van der Waals surface area (Å²) >= 11 is 3.18. The fourth-order valence-corrected chi connectivity index (χ4v) is 5.05. The van der Waals surface area contributed by atoms with E-state index in [1.165, 1.54) is 51.3 Å². The molecule has 2 aromatic rings. The number of sulfonamides is 1. The topological polar surface area (TPSA) is 106 Å². The van der Waals surface area contributed by atoms with Gasteiger partial charge in [0.15, 0.2) is 0 Å². The van der Waals surface area contributed by atoms with E-state index in [0.717, 1.165) is 0 Å². The monoisotopic (exact) mass is 472 g/mol. The predicted octanol–water partition coefficient (Wildman–Crippen LogP) is 1.17. The smallest absolute Gasteiger partial charge is 0.265 e. The van der Waals surface area contributed by atoms with E-state index in [0.29, 0.717) is 10.0 Å². The van der Waals surface area contributed by atoms with Gasteiger partial charge in [0.1, 0.15) is 16.4 Å². The first-order valence-corrected chi connectivity index (χ1v) is 10.5. The molecule has 11 heteroatoms. The molecule has 0 bridgehead atoms. The molecular formula is C17H18BrFN4O4S. The first-order valence-electron chi connectivity index (χ1n) is 8.32. The van der Waals surface area contributed by atoms with Crippen LogP contribution in [0.25, 0.3) is 0 Å². The molecule has 28 heavy (non-hydrogen) atoms. The van der Waals surface area contributed by atoms with Gasteiger partial charge in [-0.2, -0.15) is 4.31 Å². The second-order valence-electron chi connectivity index (χ2n) is 6.36. The standard InChI is InChI=1S/C17H18BrFN4O4S/c1-21-10-12(9-15(21)16(20)24)28(26,27)23-6-4-22(5-7-23)17(25)13-3-2-11(19)8-14(13)18/h2-3,8-10H,4-7H2,1H3,(H2,20,24). The number of nitrogens with zero attached hydrogens (tertiary/aromatic N) is 3. The lowest BCUT2D eigenvalue weighted by Crippen LogP contribution is -2.50. The third-order valence-electron chi connectivity index (χ3n) is 4.56. The predicted molar refractivity (Wildman–Crippen MR) is 103 cm³/mol. The highest BCUT2D eigenvalue weighted by Gasteiger charge is 2.32. The number of piperazine rings is 1. The Balaban J connectivity index is 1.73. The number of halogens is 2. The molecule has 1 aliphatic heterocycles. The molecule has 0 aliphatic carbocycles. The van der Waals surface area contributed by atoms with Crippen molar-refractivity contribution in [1.82, 2.24) is 13.8 Å². The van der Waals surface area contributed by atoms with E-state index in [-0.39, 0.29) is 42.7 Å². The summed E-state index contributed by atoms with van der Waals surface area (Å²) < 4.78 is 41.8. The molecule has 1 aliphatic rings. The number of benzene rings is 1. The summed E-state index contributed by atoms with van der Waals surface area (Å²) in [5.41, 5.74) is 5.64. The van der Waals surface area contributed by atoms with Crippen LogP contribution in [0.1, 0.15) is 20.8 Å². The SMILES string of the molecule is Cn1cc(S(=O)(=O)N2CCN(C(=O)c3ccc(F)cc3Br)CC2)cc1C(N)=O. The zero-order valence-electron chi connectivity index (χ0n) is 14.9. The second-order valence-corrected chi connectivity index (χ2v) is 9.15. The highest BCUT2D eigenvalue weighted by molar-refractivity contribution is 9.10. The summed E-state index contributed by atoms with van der Waals surface area (Å²) in [6.45, 7) is 0.593. The average molecular weight is 473 g/mol. The molecule has 0 spiro atoms. The van der Waals surface area contributed by atoms with Crippen molar-refractivity contribution in [3.8, 4) is 0 Å². The van der Waals surface area contributed by atoms with Crippen LogP contribution in [0, 0.1) is 5.82 Å². The molecule has 1 saturated heterocycles. The minimum absolute atomic E-state index is 0.0233. The molecule has 0 unspecified atom stereocenters. The second kappa shape index (κ2) is 7.64. The van der Waals surface area contributed by atoms with Crippen molar-refractivity contribution in [2.24, 2.45) is 12.8 Å². The lowest BCUT2D eigenvalue weighted by atomic mass is 10.2. The number of primary amides is 1. The van der Waals surface area contributed by atoms with E-state index < -0.39 is 21.7 Å². The van der Waals surface area contributed by atoms with Crippen LogP contribution in [0.2, 0.25) is 0 Å². The third-order valence-corrected chi connectivity index (χ3v) is 7.08. The van der Waals surface area contributed by atoms with Gasteiger partial charge >= 0.3 is 0 Å². The summed E-state index contributed by atoms with van der Waals surface area (Å²) in [4.78, 5) is 25.5. The number of aryl methyl sites for hydroxylation is 1. The zero-order chi connectivity index (χ0) is 20.6. The molecule has 1 aromatic heterocycles. The molecule has 8 nitrogen and oxygen atoms in total. The van der Waals surface area contributed by atoms with Gasteiger partial charge < -0.3 is 15.2 Å². The van der Waals surface area contributed by atoms with Crippen molar-refractivity contribution in [3.05, 3.63) is 52.0 Å². The van der Waals surface area contributed by atoms with Gasteiger partial charge in [0.2, 0.25) is 10.0 Å². The van der Waals surface area contributed by atoms with Crippen molar-refractivity contribution in [3.63, 3.8) is 0 Å². The number of nitrogens with two attached hydrogens (primary N) is 1. The molecule has 2 amide bonds. The van der Waals surface area contributed by atoms with Crippen LogP contribution < -0.4 is 5.73 Å². The number of hydrogen-bond acceptors (Lipinski definition) is 4. The van der Waals surface area contributed by atoms with Gasteiger partial charge in [-0.15, -0.1) is 0 Å². The third kappa shape index (κ3) is 3.82. The number of amides is 2. The first-order chi connectivity index (χ1) is 13.1. The minimum atomic E-state index is -3.82. The Bertz CT molecular complexity index is 1050. The van der Waals surface area contributed by atoms with Gasteiger partial charge in [-0.3, -0.25) is 9.59 Å². The lowest BCUT2D eigenvalue weighted by Gasteiger charge is -2.34. The van der Waals surface area contributed by atoms with Crippen molar-refractivity contribution < 1.29 is 22.4 Å². The molecule has 1 aromatic carbocycles. The molecule has 3 rings (SSSR count). The molecule has 2 heterocycles. The highest BCUT2D eigenvalue weighted by Crippen LogP contribution is 2.23. The molecule has 2 N–H and O–H groups in total. The van der Waals surface area contributed by atoms with Crippen LogP contribution in [-0.2, 0) is 17.1 Å². The Hall–Kier alpha value is -2.24. The van der Waals surface area contributed by atoms with Crippen molar-refractivity contribution >= 4 is 37.8 Å². The Labute approximate surface area is 169 Å². The van der Waals surface area contributed by atoms with Crippen LogP contribution in [-0.4, -0.2) is 60.2 Å². The Morgan fingerprint density at radius 2 is 1.79 bits per heavy atom. The Kier molecular flexibility index (Phi) is 5.60. The largest absolute Gasteiger partial charge is 0.364 e. The fourth-order valence-electron chi connectivity index (χ4n) is 3.03. The number of hydrogen-bond donors (Lipinski definition) is 1. The molecule has 0 atom stereocenters. The molecule has 150 valence electrons. The summed E-state index contributed by atoms with van der Waals surface area (Å²) in [5, 5.41) is 0. The summed E-state index contributed by atoms with van der Waals surface area (Å²) in [6, 6.07) is 5.04. The zero-order valence-corrected chi connectivity index (χ0v) is 17.3. The van der Waals surface area contributed by atoms with E-state index in [2.05, 4.69) is 15.9 Å². The van der Waals surface area contributed by atoms with Gasteiger partial charge in [0, 0.05) is 43.9 Å². The van der Waals surface area contributed by atoms with E-state index in [4.69, 9.17) is 5.73 Å². The maximum Gasteiger partial charge on any atom is 0.265 e. The van der Waals surface area contributed by atoms with Crippen LogP contribution in [0.15, 0.2) is 39.8 Å². The average Bonchev–Trinajstić information content (AvgIpc) is 3.04.